The van der Waals surface area contributed by atoms with Gasteiger partial charge in [0.25, 0.3) is 5.56 Å². The molecular formula is C29H31N3O2. The lowest BCUT2D eigenvalue weighted by molar-refractivity contribution is -0.134. The molecule has 5 nitrogen and oxygen atoms in total. The first kappa shape index (κ1) is 23.4. The van der Waals surface area contributed by atoms with Crippen LogP contribution in [0.5, 0.6) is 0 Å². The van der Waals surface area contributed by atoms with Gasteiger partial charge in [-0.05, 0) is 49.1 Å². The van der Waals surface area contributed by atoms with E-state index in [1.807, 2.05) is 90.7 Å². The van der Waals surface area contributed by atoms with Crippen LogP contribution in [0.15, 0.2) is 89.7 Å². The molecule has 1 atom stereocenters. The molecule has 3 aromatic carbocycles. The fraction of sp³-hybridized carbons (Fsp3) is 0.276. The number of fused-ring (bicyclic) bond motifs is 1. The Labute approximate surface area is 200 Å². The number of hydrogen-bond donors (Lipinski definition) is 0. The molecule has 0 aliphatic rings. The van der Waals surface area contributed by atoms with Gasteiger partial charge in [-0.2, -0.15) is 0 Å². The molecular weight excluding hydrogens is 422 g/mol. The maximum Gasteiger partial charge on any atom is 0.266 e. The molecule has 5 heteroatoms. The lowest BCUT2D eigenvalue weighted by Gasteiger charge is -2.32. The monoisotopic (exact) mass is 453 g/mol. The standard InChI is InChI=1S/C29H31N3O2/c1-21(2)20-31(27(33)19-18-23-12-6-4-7-13-23)22(3)28-30-26-17-11-10-16-25(26)29(34)32(28)24-14-8-5-9-15-24/h4-17,21-22H,18-20H2,1-3H3. The van der Waals surface area contributed by atoms with Crippen LogP contribution in [0.2, 0.25) is 0 Å². The number of amides is 1. The second kappa shape index (κ2) is 10.5. The van der Waals surface area contributed by atoms with Crippen LogP contribution in [0.4, 0.5) is 0 Å². The summed E-state index contributed by atoms with van der Waals surface area (Å²) in [5.41, 5.74) is 2.40. The molecule has 34 heavy (non-hydrogen) atoms. The molecule has 174 valence electrons. The van der Waals surface area contributed by atoms with Gasteiger partial charge in [0.2, 0.25) is 5.91 Å². The predicted molar refractivity (Wildman–Crippen MR) is 137 cm³/mol. The molecule has 0 aliphatic heterocycles. The van der Waals surface area contributed by atoms with Gasteiger partial charge < -0.3 is 4.90 Å². The lowest BCUT2D eigenvalue weighted by Crippen LogP contribution is -2.39. The average molecular weight is 454 g/mol. The predicted octanol–water partition coefficient (Wildman–Crippen LogP) is 5.56. The van der Waals surface area contributed by atoms with Gasteiger partial charge >= 0.3 is 0 Å². The Morgan fingerprint density at radius 3 is 2.18 bits per heavy atom. The maximum absolute atomic E-state index is 13.6. The smallest absolute Gasteiger partial charge is 0.266 e. The van der Waals surface area contributed by atoms with E-state index in [-0.39, 0.29) is 23.4 Å². The number of aromatic nitrogens is 2. The van der Waals surface area contributed by atoms with Crippen molar-refractivity contribution in [2.24, 2.45) is 5.92 Å². The van der Waals surface area contributed by atoms with Gasteiger partial charge in [-0.3, -0.25) is 14.2 Å². The van der Waals surface area contributed by atoms with Crippen LogP contribution >= 0.6 is 0 Å². The Morgan fingerprint density at radius 1 is 0.882 bits per heavy atom. The molecule has 0 saturated heterocycles. The van der Waals surface area contributed by atoms with Crippen molar-refractivity contribution in [1.29, 1.82) is 0 Å². The molecule has 4 aromatic rings. The number of rotatable bonds is 8. The highest BCUT2D eigenvalue weighted by molar-refractivity contribution is 5.79. The van der Waals surface area contributed by atoms with Crippen molar-refractivity contribution in [3.63, 3.8) is 0 Å². The van der Waals surface area contributed by atoms with Gasteiger partial charge in [0.1, 0.15) is 5.82 Å². The highest BCUT2D eigenvalue weighted by atomic mass is 16.2. The number of carbonyl (C=O) groups is 1. The molecule has 4 rings (SSSR count). The Hall–Kier alpha value is -3.73. The normalized spacial score (nSPS) is 12.1. The van der Waals surface area contributed by atoms with E-state index in [1.54, 1.807) is 10.6 Å². The average Bonchev–Trinajstić information content (AvgIpc) is 2.86. The topological polar surface area (TPSA) is 55.2 Å². The highest BCUT2D eigenvalue weighted by Gasteiger charge is 2.27. The summed E-state index contributed by atoms with van der Waals surface area (Å²) in [5.74, 6) is 0.913. The SMILES string of the molecule is CC(C)CN(C(=O)CCc1ccccc1)C(C)c1nc2ccccc2c(=O)n1-c1ccccc1. The van der Waals surface area contributed by atoms with Crippen LogP contribution in [-0.4, -0.2) is 26.9 Å². The van der Waals surface area contributed by atoms with E-state index < -0.39 is 0 Å². The van der Waals surface area contributed by atoms with E-state index in [9.17, 15) is 9.59 Å². The third-order valence-corrected chi connectivity index (χ3v) is 6.01. The number of hydrogen-bond acceptors (Lipinski definition) is 3. The van der Waals surface area contributed by atoms with Crippen LogP contribution in [0.1, 0.15) is 44.6 Å². The summed E-state index contributed by atoms with van der Waals surface area (Å²) in [4.78, 5) is 33.9. The summed E-state index contributed by atoms with van der Waals surface area (Å²) in [6.07, 6.45) is 1.09. The van der Waals surface area contributed by atoms with Crippen molar-refractivity contribution < 1.29 is 4.79 Å². The van der Waals surface area contributed by atoms with Crippen molar-refractivity contribution in [3.8, 4) is 5.69 Å². The molecule has 0 radical (unpaired) electrons. The van der Waals surface area contributed by atoms with E-state index in [0.717, 1.165) is 11.3 Å². The van der Waals surface area contributed by atoms with Gasteiger partial charge in [0.05, 0.1) is 22.6 Å². The number of carbonyl (C=O) groups excluding carboxylic acids is 1. The van der Waals surface area contributed by atoms with E-state index >= 15 is 0 Å². The van der Waals surface area contributed by atoms with E-state index in [1.165, 1.54) is 0 Å². The molecule has 0 spiro atoms. The zero-order chi connectivity index (χ0) is 24.1. The van der Waals surface area contributed by atoms with Crippen LogP contribution in [0.3, 0.4) is 0 Å². The Balaban J connectivity index is 1.76. The van der Waals surface area contributed by atoms with E-state index in [4.69, 9.17) is 4.98 Å². The van der Waals surface area contributed by atoms with Gasteiger partial charge in [0, 0.05) is 13.0 Å². The van der Waals surface area contributed by atoms with Crippen molar-refractivity contribution in [2.75, 3.05) is 6.54 Å². The third-order valence-electron chi connectivity index (χ3n) is 6.01. The van der Waals surface area contributed by atoms with Gasteiger partial charge in [-0.25, -0.2) is 4.98 Å². The van der Waals surface area contributed by atoms with Crippen LogP contribution in [0, 0.1) is 5.92 Å². The van der Waals surface area contributed by atoms with Crippen LogP contribution in [0.25, 0.3) is 16.6 Å². The molecule has 0 saturated carbocycles. The maximum atomic E-state index is 13.6. The summed E-state index contributed by atoms with van der Waals surface area (Å²) < 4.78 is 1.66. The Kier molecular flexibility index (Phi) is 7.21. The van der Waals surface area contributed by atoms with E-state index in [0.29, 0.717) is 36.1 Å². The number of aryl methyl sites for hydroxylation is 1. The minimum Gasteiger partial charge on any atom is -0.333 e. The molecule has 1 unspecified atom stereocenters. The summed E-state index contributed by atoms with van der Waals surface area (Å²) in [6, 6.07) is 26.6. The second-order valence-electron chi connectivity index (χ2n) is 9.06. The fourth-order valence-electron chi connectivity index (χ4n) is 4.30. The number of para-hydroxylation sites is 2. The van der Waals surface area contributed by atoms with Crippen molar-refractivity contribution in [3.05, 3.63) is 107 Å². The highest BCUT2D eigenvalue weighted by Crippen LogP contribution is 2.25. The molecule has 0 fully saturated rings. The molecule has 1 heterocycles. The summed E-state index contributed by atoms with van der Waals surface area (Å²) >= 11 is 0. The third kappa shape index (κ3) is 5.09. The zero-order valence-corrected chi connectivity index (χ0v) is 20.0. The quantitative estimate of drug-likeness (QED) is 0.351. The molecule has 0 aliphatic carbocycles. The van der Waals surface area contributed by atoms with Crippen molar-refractivity contribution >= 4 is 16.8 Å². The largest absolute Gasteiger partial charge is 0.333 e. The van der Waals surface area contributed by atoms with Crippen LogP contribution in [-0.2, 0) is 11.2 Å². The van der Waals surface area contributed by atoms with Gasteiger partial charge in [-0.1, -0.05) is 74.5 Å². The summed E-state index contributed by atoms with van der Waals surface area (Å²) in [7, 11) is 0. The van der Waals surface area contributed by atoms with Gasteiger partial charge in [-0.15, -0.1) is 0 Å². The van der Waals surface area contributed by atoms with E-state index in [2.05, 4.69) is 13.8 Å². The van der Waals surface area contributed by atoms with Gasteiger partial charge in [0.15, 0.2) is 0 Å². The molecule has 0 N–H and O–H groups in total. The fourth-order valence-corrected chi connectivity index (χ4v) is 4.30. The minimum absolute atomic E-state index is 0.0621. The molecule has 0 bridgehead atoms. The summed E-state index contributed by atoms with van der Waals surface area (Å²) in [5, 5.41) is 0.563. The first-order chi connectivity index (χ1) is 16.5. The number of nitrogens with zero attached hydrogens (tertiary/aromatic N) is 3. The summed E-state index contributed by atoms with van der Waals surface area (Å²) in [6.45, 7) is 6.76. The molecule has 1 amide bonds. The van der Waals surface area contributed by atoms with Crippen molar-refractivity contribution in [2.45, 2.75) is 39.7 Å². The van der Waals surface area contributed by atoms with Crippen molar-refractivity contribution in [1.82, 2.24) is 14.5 Å². The lowest BCUT2D eigenvalue weighted by atomic mass is 10.1. The minimum atomic E-state index is -0.372. The number of benzene rings is 3. The first-order valence-corrected chi connectivity index (χ1v) is 11.9. The Bertz CT molecular complexity index is 1310. The zero-order valence-electron chi connectivity index (χ0n) is 20.0. The Morgan fingerprint density at radius 2 is 1.50 bits per heavy atom. The van der Waals surface area contributed by atoms with Crippen LogP contribution < -0.4 is 5.56 Å². The molecule has 1 aromatic heterocycles. The first-order valence-electron chi connectivity index (χ1n) is 11.9. The second-order valence-corrected chi connectivity index (χ2v) is 9.06.